The van der Waals surface area contributed by atoms with Crippen LogP contribution in [-0.4, -0.2) is 36.1 Å². The molecule has 1 aromatic heterocycles. The van der Waals surface area contributed by atoms with Gasteiger partial charge >= 0.3 is 6.18 Å². The minimum absolute atomic E-state index is 0.0696. The van der Waals surface area contributed by atoms with Gasteiger partial charge in [0.25, 0.3) is 5.91 Å². The van der Waals surface area contributed by atoms with Crippen molar-refractivity contribution in [1.29, 1.82) is 0 Å². The maximum Gasteiger partial charge on any atom is 0.434 e. The molecule has 32 heavy (non-hydrogen) atoms. The lowest BCUT2D eigenvalue weighted by Gasteiger charge is -2.28. The Morgan fingerprint density at radius 3 is 2.44 bits per heavy atom. The molecule has 172 valence electrons. The highest BCUT2D eigenvalue weighted by molar-refractivity contribution is 6.03. The molecule has 5 nitrogen and oxygen atoms in total. The number of aromatic nitrogens is 1. The van der Waals surface area contributed by atoms with Gasteiger partial charge in [0.15, 0.2) is 5.69 Å². The number of carbonyl (C=O) groups is 1. The average molecular weight is 454 g/mol. The molecule has 0 unspecified atom stereocenters. The zero-order chi connectivity index (χ0) is 23.3. The fourth-order valence-electron chi connectivity index (χ4n) is 4.01. The van der Waals surface area contributed by atoms with Crippen molar-refractivity contribution in [2.24, 2.45) is 11.7 Å². The van der Waals surface area contributed by atoms with E-state index in [1.165, 1.54) is 0 Å². The molecular weight excluding hydrogens is 431 g/mol. The molecule has 2 aromatic rings. The van der Waals surface area contributed by atoms with Crippen LogP contribution in [0.5, 0.6) is 0 Å². The third kappa shape index (κ3) is 4.69. The smallest absolute Gasteiger partial charge is 0.368 e. The van der Waals surface area contributed by atoms with Crippen molar-refractivity contribution in [3.8, 4) is 11.1 Å². The normalized spacial score (nSPS) is 21.2. The Hall–Kier alpha value is -2.75. The number of carbonyl (C=O) groups excluding carboxylic acids is 1. The van der Waals surface area contributed by atoms with Gasteiger partial charge in [-0.1, -0.05) is 0 Å². The average Bonchev–Trinajstić information content (AvgIpc) is 3.44. The maximum atomic E-state index is 14.0. The van der Waals surface area contributed by atoms with Crippen molar-refractivity contribution in [1.82, 2.24) is 10.3 Å². The molecule has 1 saturated heterocycles. The zero-order valence-corrected chi connectivity index (χ0v) is 17.4. The largest absolute Gasteiger partial charge is 0.434 e. The monoisotopic (exact) mass is 454 g/mol. The van der Waals surface area contributed by atoms with Gasteiger partial charge in [-0.3, -0.25) is 9.78 Å². The lowest BCUT2D eigenvalue weighted by atomic mass is 9.96. The minimum atomic E-state index is -4.92. The molecule has 2 aliphatic rings. The molecule has 1 amide bonds. The summed E-state index contributed by atoms with van der Waals surface area (Å²) in [6.45, 7) is 2.61. The summed E-state index contributed by atoms with van der Waals surface area (Å²) >= 11 is 0. The summed E-state index contributed by atoms with van der Waals surface area (Å²) in [5.41, 5.74) is 3.14. The predicted octanol–water partition coefficient (Wildman–Crippen LogP) is 4.11. The molecule has 1 atom stereocenters. The Morgan fingerprint density at radius 1 is 1.25 bits per heavy atom. The minimum Gasteiger partial charge on any atom is -0.368 e. The summed E-state index contributed by atoms with van der Waals surface area (Å²) in [7, 11) is 0. The number of nitrogens with one attached hydrogen (secondary N) is 1. The van der Waals surface area contributed by atoms with Gasteiger partial charge in [-0.2, -0.15) is 13.2 Å². The van der Waals surface area contributed by atoms with Crippen LogP contribution in [0.4, 0.5) is 27.6 Å². The lowest BCUT2D eigenvalue weighted by molar-refractivity contribution is -0.140. The first-order valence-corrected chi connectivity index (χ1v) is 10.3. The highest BCUT2D eigenvalue weighted by Gasteiger charge is 2.41. The van der Waals surface area contributed by atoms with Crippen LogP contribution in [0.1, 0.15) is 42.2 Å². The molecule has 10 heteroatoms. The van der Waals surface area contributed by atoms with Crippen LogP contribution in [-0.2, 0) is 6.18 Å². The first kappa shape index (κ1) is 22.4. The number of hydrogen-bond donors (Lipinski definition) is 2. The molecule has 1 aliphatic carbocycles. The Morgan fingerprint density at radius 2 is 1.91 bits per heavy atom. The quantitative estimate of drug-likeness (QED) is 0.667. The standard InChI is InChI=1S/C22H23F5N4O/c1-21(28)4-5-31(11-21)18-16(20(32)30-9-12-2-3-12)10-29-19(22(25,26)27)17(18)13-6-14(23)8-15(24)7-13/h6-8,10,12H,2-5,9,11,28H2,1H3,(H,30,32)/t21-/m0/s1. The molecule has 1 saturated carbocycles. The molecule has 0 radical (unpaired) electrons. The van der Waals surface area contributed by atoms with Crippen LogP contribution in [0, 0.1) is 17.6 Å². The van der Waals surface area contributed by atoms with E-state index in [9.17, 15) is 26.7 Å². The van der Waals surface area contributed by atoms with Gasteiger partial charge in [0.05, 0.1) is 11.3 Å². The van der Waals surface area contributed by atoms with Gasteiger partial charge < -0.3 is 16.0 Å². The van der Waals surface area contributed by atoms with E-state index in [2.05, 4.69) is 10.3 Å². The van der Waals surface area contributed by atoms with E-state index < -0.39 is 40.5 Å². The van der Waals surface area contributed by atoms with Crippen LogP contribution in [0.15, 0.2) is 24.4 Å². The molecule has 2 heterocycles. The fourth-order valence-corrected chi connectivity index (χ4v) is 4.01. The summed E-state index contributed by atoms with van der Waals surface area (Å²) in [4.78, 5) is 18.1. The number of nitrogens with two attached hydrogens (primary N) is 1. The molecule has 3 N–H and O–H groups in total. The van der Waals surface area contributed by atoms with Gasteiger partial charge in [-0.05, 0) is 49.8 Å². The van der Waals surface area contributed by atoms with Crippen LogP contribution < -0.4 is 16.0 Å². The molecule has 0 bridgehead atoms. The Labute approximate surface area is 181 Å². The van der Waals surface area contributed by atoms with Crippen molar-refractivity contribution >= 4 is 11.6 Å². The van der Waals surface area contributed by atoms with Crippen molar-refractivity contribution in [2.75, 3.05) is 24.5 Å². The molecule has 0 spiro atoms. The van der Waals surface area contributed by atoms with Crippen molar-refractivity contribution in [3.05, 3.63) is 47.3 Å². The highest BCUT2D eigenvalue weighted by atomic mass is 19.4. The number of nitrogens with zero attached hydrogens (tertiary/aromatic N) is 2. The Kier molecular flexibility index (Phi) is 5.60. The summed E-state index contributed by atoms with van der Waals surface area (Å²) < 4.78 is 69.9. The van der Waals surface area contributed by atoms with Gasteiger partial charge in [-0.15, -0.1) is 0 Å². The van der Waals surface area contributed by atoms with Gasteiger partial charge in [-0.25, -0.2) is 8.78 Å². The number of benzene rings is 1. The van der Waals surface area contributed by atoms with Gasteiger partial charge in [0, 0.05) is 43.0 Å². The SMILES string of the molecule is C[C@]1(N)CCN(c2c(C(=O)NCC3CC3)cnc(C(F)(F)F)c2-c2cc(F)cc(F)c2)C1. The number of hydrogen-bond acceptors (Lipinski definition) is 4. The Balaban J connectivity index is 1.94. The van der Waals surface area contributed by atoms with Gasteiger partial charge in [0.1, 0.15) is 11.6 Å². The number of anilines is 1. The summed E-state index contributed by atoms with van der Waals surface area (Å²) in [5, 5.41) is 2.74. The molecule has 1 aliphatic heterocycles. The van der Waals surface area contributed by atoms with E-state index in [1.807, 2.05) is 0 Å². The second kappa shape index (κ2) is 7.99. The van der Waals surface area contributed by atoms with Crippen LogP contribution in [0.25, 0.3) is 11.1 Å². The second-order valence-corrected chi connectivity index (χ2v) is 8.88. The highest BCUT2D eigenvalue weighted by Crippen LogP contribution is 2.44. The zero-order valence-electron chi connectivity index (χ0n) is 17.4. The second-order valence-electron chi connectivity index (χ2n) is 8.88. The van der Waals surface area contributed by atoms with Crippen molar-refractivity contribution in [3.63, 3.8) is 0 Å². The lowest BCUT2D eigenvalue weighted by Crippen LogP contribution is -2.40. The Bertz CT molecular complexity index is 1030. The van der Waals surface area contributed by atoms with E-state index in [-0.39, 0.29) is 29.9 Å². The van der Waals surface area contributed by atoms with Crippen LogP contribution in [0.2, 0.25) is 0 Å². The maximum absolute atomic E-state index is 14.0. The number of amides is 1. The van der Waals surface area contributed by atoms with E-state index >= 15 is 0 Å². The van der Waals surface area contributed by atoms with Crippen LogP contribution in [0.3, 0.4) is 0 Å². The number of alkyl halides is 3. The van der Waals surface area contributed by atoms with Crippen LogP contribution >= 0.6 is 0 Å². The first-order valence-electron chi connectivity index (χ1n) is 10.3. The van der Waals surface area contributed by atoms with Gasteiger partial charge in [0.2, 0.25) is 0 Å². The fraction of sp³-hybridized carbons (Fsp3) is 0.455. The summed E-state index contributed by atoms with van der Waals surface area (Å²) in [5.74, 6) is -2.31. The summed E-state index contributed by atoms with van der Waals surface area (Å²) in [6.07, 6.45) is -1.61. The van der Waals surface area contributed by atoms with E-state index in [0.717, 1.165) is 31.2 Å². The molecule has 2 fully saturated rings. The third-order valence-electron chi connectivity index (χ3n) is 5.79. The summed E-state index contributed by atoms with van der Waals surface area (Å²) in [6, 6.07) is 2.19. The van der Waals surface area contributed by atoms with E-state index in [4.69, 9.17) is 5.73 Å². The molecular formula is C22H23F5N4O. The predicted molar refractivity (Wildman–Crippen MR) is 109 cm³/mol. The van der Waals surface area contributed by atoms with E-state index in [1.54, 1.807) is 11.8 Å². The molecule has 4 rings (SSSR count). The van der Waals surface area contributed by atoms with Crippen molar-refractivity contribution in [2.45, 2.75) is 37.9 Å². The third-order valence-corrected chi connectivity index (χ3v) is 5.79. The number of halogens is 5. The van der Waals surface area contributed by atoms with E-state index in [0.29, 0.717) is 24.9 Å². The number of pyridine rings is 1. The first-order chi connectivity index (χ1) is 14.9. The number of rotatable bonds is 5. The van der Waals surface area contributed by atoms with Crippen molar-refractivity contribution < 1.29 is 26.7 Å². The molecule has 1 aromatic carbocycles. The topological polar surface area (TPSA) is 71.2 Å².